The van der Waals surface area contributed by atoms with E-state index in [2.05, 4.69) is 21.8 Å². The van der Waals surface area contributed by atoms with Crippen LogP contribution >= 0.6 is 0 Å². The second kappa shape index (κ2) is 6.59. The maximum Gasteiger partial charge on any atom is 0.310 e. The first kappa shape index (κ1) is 17.7. The lowest BCUT2D eigenvalue weighted by Gasteiger charge is -2.51. The van der Waals surface area contributed by atoms with Gasteiger partial charge in [-0.15, -0.1) is 0 Å². The average molecular weight is 373 g/mol. The molecule has 1 unspecified atom stereocenters. The molecule has 2 saturated heterocycles. The molecule has 27 heavy (non-hydrogen) atoms. The number of carbonyl (C=O) groups excluding carboxylic acids is 1. The molecule has 1 spiro atoms. The van der Waals surface area contributed by atoms with Crippen molar-refractivity contribution in [3.05, 3.63) is 18.7 Å². The van der Waals surface area contributed by atoms with Crippen molar-refractivity contribution >= 4 is 5.97 Å². The summed E-state index contributed by atoms with van der Waals surface area (Å²) in [5.41, 5.74) is 0.412. The summed E-state index contributed by atoms with van der Waals surface area (Å²) in [7, 11) is 0. The molecule has 6 nitrogen and oxygen atoms in total. The smallest absolute Gasteiger partial charge is 0.310 e. The van der Waals surface area contributed by atoms with E-state index in [0.29, 0.717) is 11.8 Å². The third-order valence-corrected chi connectivity index (χ3v) is 7.77. The van der Waals surface area contributed by atoms with Crippen LogP contribution in [0.5, 0.6) is 0 Å². The average Bonchev–Trinajstić information content (AvgIpc) is 3.08. The number of carbonyl (C=O) groups is 1. The number of hydrogen-bond acceptors (Lipinski definition) is 5. The summed E-state index contributed by atoms with van der Waals surface area (Å²) < 4.78 is 13.9. The van der Waals surface area contributed by atoms with Crippen LogP contribution in [-0.4, -0.2) is 46.9 Å². The summed E-state index contributed by atoms with van der Waals surface area (Å²) in [6.45, 7) is 5.94. The molecule has 0 bridgehead atoms. The van der Waals surface area contributed by atoms with Crippen LogP contribution in [0.1, 0.15) is 45.4 Å². The molecule has 1 N–H and O–H groups in total. The summed E-state index contributed by atoms with van der Waals surface area (Å²) in [6, 6.07) is 0. The summed E-state index contributed by atoms with van der Waals surface area (Å²) in [4.78, 5) is 16.6. The van der Waals surface area contributed by atoms with Gasteiger partial charge in [0.25, 0.3) is 0 Å². The van der Waals surface area contributed by atoms with Gasteiger partial charge in [-0.05, 0) is 56.4 Å². The zero-order chi connectivity index (χ0) is 18.5. The van der Waals surface area contributed by atoms with Crippen LogP contribution in [0.15, 0.2) is 18.7 Å². The van der Waals surface area contributed by atoms with Crippen molar-refractivity contribution in [1.82, 2.24) is 14.9 Å². The molecule has 5 rings (SSSR count). The fraction of sp³-hybridized carbons (Fsp3) is 0.810. The Kier molecular flexibility index (Phi) is 4.32. The van der Waals surface area contributed by atoms with Crippen molar-refractivity contribution in [2.75, 3.05) is 19.7 Å². The van der Waals surface area contributed by atoms with Crippen LogP contribution in [0.3, 0.4) is 0 Å². The van der Waals surface area contributed by atoms with Gasteiger partial charge < -0.3 is 19.4 Å². The highest BCUT2D eigenvalue weighted by Gasteiger charge is 2.64. The predicted molar refractivity (Wildman–Crippen MR) is 99.9 cm³/mol. The highest BCUT2D eigenvalue weighted by atomic mass is 16.6. The third-order valence-electron chi connectivity index (χ3n) is 7.77. The van der Waals surface area contributed by atoms with Crippen molar-refractivity contribution in [2.24, 2.45) is 23.2 Å². The summed E-state index contributed by atoms with van der Waals surface area (Å²) in [5, 5.41) is 3.51. The zero-order valence-corrected chi connectivity index (χ0v) is 16.2. The van der Waals surface area contributed by atoms with E-state index in [1.165, 1.54) is 19.3 Å². The van der Waals surface area contributed by atoms with Crippen molar-refractivity contribution in [1.29, 1.82) is 0 Å². The number of ether oxygens (including phenoxy) is 2. The van der Waals surface area contributed by atoms with Crippen LogP contribution in [0.2, 0.25) is 0 Å². The number of rotatable bonds is 6. The summed E-state index contributed by atoms with van der Waals surface area (Å²) in [6.07, 6.45) is 12.6. The van der Waals surface area contributed by atoms with Crippen LogP contribution < -0.4 is 5.32 Å². The van der Waals surface area contributed by atoms with Gasteiger partial charge in [-0.3, -0.25) is 4.79 Å². The van der Waals surface area contributed by atoms with Gasteiger partial charge in [0.2, 0.25) is 0 Å². The van der Waals surface area contributed by atoms with Crippen molar-refractivity contribution < 1.29 is 14.3 Å². The molecule has 6 atom stereocenters. The number of hydrogen-bond donors (Lipinski definition) is 1. The lowest BCUT2D eigenvalue weighted by atomic mass is 9.53. The highest BCUT2D eigenvalue weighted by Crippen LogP contribution is 2.62. The Labute approximate surface area is 161 Å². The van der Waals surface area contributed by atoms with Crippen LogP contribution in [0.4, 0.5) is 0 Å². The van der Waals surface area contributed by atoms with Crippen LogP contribution in [0, 0.1) is 23.2 Å². The summed E-state index contributed by atoms with van der Waals surface area (Å²) >= 11 is 0. The SMILES string of the molecule is C[C@]12CCC[C@]3(CO3)[C@@H]1C[C@@H]1C(CNCCCn3ccnc3)C(=O)O[C@@H]1C2. The Hall–Kier alpha value is -1.40. The largest absolute Gasteiger partial charge is 0.462 e. The van der Waals surface area contributed by atoms with Gasteiger partial charge in [-0.1, -0.05) is 6.92 Å². The van der Waals surface area contributed by atoms with Gasteiger partial charge in [-0.2, -0.15) is 0 Å². The van der Waals surface area contributed by atoms with Gasteiger partial charge in [0, 0.05) is 31.4 Å². The molecule has 0 amide bonds. The number of nitrogens with one attached hydrogen (secondary N) is 1. The first-order valence-electron chi connectivity index (χ1n) is 10.6. The molecule has 2 saturated carbocycles. The minimum absolute atomic E-state index is 0.00511. The maximum atomic E-state index is 12.6. The molecule has 1 aromatic rings. The number of epoxide rings is 1. The Morgan fingerprint density at radius 3 is 3.07 bits per heavy atom. The number of esters is 1. The number of aromatic nitrogens is 2. The van der Waals surface area contributed by atoms with E-state index in [4.69, 9.17) is 9.47 Å². The lowest BCUT2D eigenvalue weighted by molar-refractivity contribution is -0.147. The Bertz CT molecular complexity index is 687. The molecular weight excluding hydrogens is 342 g/mol. The fourth-order valence-corrected chi connectivity index (χ4v) is 6.25. The molecule has 0 radical (unpaired) electrons. The summed E-state index contributed by atoms with van der Waals surface area (Å²) in [5.74, 6) is 0.972. The van der Waals surface area contributed by atoms with E-state index >= 15 is 0 Å². The first-order chi connectivity index (χ1) is 13.1. The van der Waals surface area contributed by atoms with E-state index in [1.807, 2.05) is 12.5 Å². The van der Waals surface area contributed by atoms with Gasteiger partial charge >= 0.3 is 5.97 Å². The van der Waals surface area contributed by atoms with Gasteiger partial charge in [0.05, 0.1) is 24.5 Å². The molecule has 2 aliphatic heterocycles. The topological polar surface area (TPSA) is 68.7 Å². The van der Waals surface area contributed by atoms with E-state index < -0.39 is 0 Å². The van der Waals surface area contributed by atoms with E-state index in [0.717, 1.165) is 45.5 Å². The monoisotopic (exact) mass is 373 g/mol. The maximum absolute atomic E-state index is 12.6. The second-order valence-electron chi connectivity index (χ2n) is 9.46. The van der Waals surface area contributed by atoms with Crippen molar-refractivity contribution in [3.63, 3.8) is 0 Å². The van der Waals surface area contributed by atoms with Crippen molar-refractivity contribution in [2.45, 2.75) is 63.7 Å². The standard InChI is InChI=1S/C21H31N3O3/c1-20-4-2-5-21(13-26-21)18(20)10-15-16(19(25)27-17(15)11-20)12-22-6-3-8-24-9-7-23-14-24/h7,9,14-18,22H,2-6,8,10-13H2,1H3/t15-,16?,17-,18-,20-,21+/m1/s1. The molecule has 4 aliphatic rings. The second-order valence-corrected chi connectivity index (χ2v) is 9.46. The Morgan fingerprint density at radius 2 is 2.30 bits per heavy atom. The molecule has 2 aliphatic carbocycles. The molecule has 6 heteroatoms. The molecule has 0 aromatic carbocycles. The molecular formula is C21H31N3O3. The van der Waals surface area contributed by atoms with Crippen LogP contribution in [0.25, 0.3) is 0 Å². The minimum atomic E-state index is 0.00511. The van der Waals surface area contributed by atoms with Gasteiger partial charge in [-0.25, -0.2) is 4.98 Å². The normalized spacial score (nSPS) is 42.6. The molecule has 4 fully saturated rings. The highest BCUT2D eigenvalue weighted by molar-refractivity contribution is 5.75. The number of fused-ring (bicyclic) bond motifs is 3. The number of aryl methyl sites for hydroxylation is 1. The van der Waals surface area contributed by atoms with E-state index in [1.54, 1.807) is 6.20 Å². The minimum Gasteiger partial charge on any atom is -0.462 e. The quantitative estimate of drug-likeness (QED) is 0.471. The molecule has 1 aromatic heterocycles. The fourth-order valence-electron chi connectivity index (χ4n) is 6.25. The van der Waals surface area contributed by atoms with E-state index in [-0.39, 0.29) is 29.0 Å². The number of nitrogens with zero attached hydrogens (tertiary/aromatic N) is 2. The number of imidazole rings is 1. The van der Waals surface area contributed by atoms with E-state index in [9.17, 15) is 4.79 Å². The first-order valence-corrected chi connectivity index (χ1v) is 10.6. The predicted octanol–water partition coefficient (Wildman–Crippen LogP) is 2.39. The van der Waals surface area contributed by atoms with Crippen LogP contribution in [-0.2, 0) is 20.8 Å². The van der Waals surface area contributed by atoms with Crippen molar-refractivity contribution in [3.8, 4) is 0 Å². The Morgan fingerprint density at radius 1 is 1.41 bits per heavy atom. The van der Waals surface area contributed by atoms with Gasteiger partial charge in [0.1, 0.15) is 6.10 Å². The third kappa shape index (κ3) is 3.11. The molecule has 148 valence electrons. The molecule has 3 heterocycles. The Balaban J connectivity index is 1.18. The van der Waals surface area contributed by atoms with Gasteiger partial charge in [0.15, 0.2) is 0 Å². The lowest BCUT2D eigenvalue weighted by Crippen LogP contribution is -2.51. The zero-order valence-electron chi connectivity index (χ0n) is 16.2.